The van der Waals surface area contributed by atoms with E-state index in [4.69, 9.17) is 5.73 Å². The van der Waals surface area contributed by atoms with Gasteiger partial charge >= 0.3 is 5.91 Å². The van der Waals surface area contributed by atoms with Crippen LogP contribution in [-0.4, -0.2) is 11.2 Å². The molecule has 1 fully saturated rings. The fourth-order valence-corrected chi connectivity index (χ4v) is 1.89. The van der Waals surface area contributed by atoms with Crippen molar-refractivity contribution in [2.24, 2.45) is 5.92 Å². The Kier molecular flexibility index (Phi) is 2.47. The molecule has 0 radical (unpaired) electrons. The molecular weight excluding hydrogens is 182 g/mol. The normalized spacial score (nSPS) is 18.3. The van der Waals surface area contributed by atoms with Crippen LogP contribution in [0.15, 0.2) is 10.7 Å². The molecule has 14 heavy (non-hydrogen) atoms. The lowest BCUT2D eigenvalue weighted by Gasteiger charge is -2.14. The van der Waals surface area contributed by atoms with Crippen LogP contribution in [0.2, 0.25) is 0 Å². The van der Waals surface area contributed by atoms with E-state index in [-0.39, 0.29) is 17.7 Å². The van der Waals surface area contributed by atoms with E-state index in [2.05, 4.69) is 9.79 Å². The zero-order valence-corrected chi connectivity index (χ0v) is 7.90. The molecule has 1 aromatic rings. The first-order valence-electron chi connectivity index (χ1n) is 4.92. The molecule has 0 aliphatic heterocycles. The third-order valence-electron chi connectivity index (χ3n) is 2.65. The van der Waals surface area contributed by atoms with Crippen molar-refractivity contribution in [2.75, 3.05) is 0 Å². The highest BCUT2D eigenvalue weighted by atomic mass is 16.5. The van der Waals surface area contributed by atoms with Gasteiger partial charge in [-0.15, -0.1) is 0 Å². The minimum atomic E-state index is -0.0749. The summed E-state index contributed by atoms with van der Waals surface area (Å²) in [5, 5.41) is 3.50. The molecule has 1 heterocycles. The van der Waals surface area contributed by atoms with Gasteiger partial charge in [-0.2, -0.15) is 0 Å². The standard InChI is InChI=1S/C9H13N3O2/c10-8-6-12(11-14-8)9(13)7-4-2-1-3-5-7/h6-7H,1-5H2,(H-,10,11). The number of nitrogens with one attached hydrogen (secondary N) is 1. The van der Waals surface area contributed by atoms with Gasteiger partial charge in [0, 0.05) is 4.68 Å². The Morgan fingerprint density at radius 1 is 1.50 bits per heavy atom. The molecule has 0 atom stereocenters. The second-order valence-electron chi connectivity index (χ2n) is 3.68. The lowest BCUT2D eigenvalue weighted by atomic mass is 9.89. The Morgan fingerprint density at radius 3 is 2.79 bits per heavy atom. The van der Waals surface area contributed by atoms with Gasteiger partial charge in [0.05, 0.1) is 5.92 Å². The van der Waals surface area contributed by atoms with E-state index in [1.165, 1.54) is 12.6 Å². The molecule has 1 aliphatic carbocycles. The first-order chi connectivity index (χ1) is 6.77. The maximum absolute atomic E-state index is 11.8. The topological polar surface area (TPSA) is 70.8 Å². The van der Waals surface area contributed by atoms with Gasteiger partial charge in [0.1, 0.15) is 5.88 Å². The van der Waals surface area contributed by atoms with Crippen molar-refractivity contribution in [2.45, 2.75) is 32.1 Å². The van der Waals surface area contributed by atoms with Crippen LogP contribution in [-0.2, 0) is 0 Å². The average Bonchev–Trinajstić information content (AvgIpc) is 2.65. The van der Waals surface area contributed by atoms with Gasteiger partial charge in [-0.3, -0.25) is 0 Å². The van der Waals surface area contributed by atoms with Crippen molar-refractivity contribution < 1.29 is 14.0 Å². The Hall–Kier alpha value is -1.39. The summed E-state index contributed by atoms with van der Waals surface area (Å²) >= 11 is 0. The highest BCUT2D eigenvalue weighted by molar-refractivity contribution is 5.69. The van der Waals surface area contributed by atoms with Gasteiger partial charge in [-0.05, 0) is 12.8 Å². The number of nitrogens with zero attached hydrogens (tertiary/aromatic N) is 2. The summed E-state index contributed by atoms with van der Waals surface area (Å²) in [5.41, 5.74) is 7.12. The van der Waals surface area contributed by atoms with Crippen LogP contribution in [0, 0.1) is 5.92 Å². The van der Waals surface area contributed by atoms with E-state index in [1.807, 2.05) is 0 Å². The third kappa shape index (κ3) is 1.76. The van der Waals surface area contributed by atoms with Gasteiger partial charge in [0.15, 0.2) is 0 Å². The fourth-order valence-electron chi connectivity index (χ4n) is 1.89. The molecular formula is C9H13N3O2. The molecule has 0 aromatic carbocycles. The maximum Gasteiger partial charge on any atom is 0.422 e. The summed E-state index contributed by atoms with van der Waals surface area (Å²) in [6.07, 6.45) is 6.64. The molecule has 1 N–H and O–H groups in total. The van der Waals surface area contributed by atoms with E-state index >= 15 is 0 Å². The van der Waals surface area contributed by atoms with Crippen molar-refractivity contribution in [1.29, 1.82) is 0 Å². The monoisotopic (exact) mass is 195 g/mol. The number of hydrogen-bond donors (Lipinski definition) is 0. The average molecular weight is 195 g/mol. The Labute approximate surface area is 81.8 Å². The quantitative estimate of drug-likeness (QED) is 0.642. The number of aromatic nitrogens is 2. The van der Waals surface area contributed by atoms with E-state index in [1.54, 1.807) is 0 Å². The zero-order valence-electron chi connectivity index (χ0n) is 7.90. The Bertz CT molecular complexity index is 329. The molecule has 0 saturated heterocycles. The Morgan fingerprint density at radius 2 is 2.21 bits per heavy atom. The third-order valence-corrected chi connectivity index (χ3v) is 2.65. The zero-order chi connectivity index (χ0) is 9.97. The maximum atomic E-state index is 11.8. The molecule has 1 aromatic heterocycles. The van der Waals surface area contributed by atoms with Gasteiger partial charge in [-0.25, -0.2) is 4.79 Å². The van der Waals surface area contributed by atoms with E-state index < -0.39 is 0 Å². The van der Waals surface area contributed by atoms with E-state index in [0.717, 1.165) is 30.4 Å². The summed E-state index contributed by atoms with van der Waals surface area (Å²) < 4.78 is 5.69. The van der Waals surface area contributed by atoms with Crippen LogP contribution in [0.3, 0.4) is 0 Å². The highest BCUT2D eigenvalue weighted by Gasteiger charge is 2.31. The van der Waals surface area contributed by atoms with Crippen LogP contribution in [0.4, 0.5) is 5.88 Å². The molecule has 0 bridgehead atoms. The van der Waals surface area contributed by atoms with Gasteiger partial charge in [0.25, 0.3) is 0 Å². The predicted molar refractivity (Wildman–Crippen MR) is 47.9 cm³/mol. The van der Waals surface area contributed by atoms with Crippen LogP contribution < -0.4 is 4.68 Å². The van der Waals surface area contributed by atoms with Gasteiger partial charge < -0.3 is 10.3 Å². The molecule has 76 valence electrons. The van der Waals surface area contributed by atoms with Crippen LogP contribution in [0.5, 0.6) is 0 Å². The fraction of sp³-hybridized carbons (Fsp3) is 0.667. The summed E-state index contributed by atoms with van der Waals surface area (Å²) in [6, 6.07) is 0. The number of carbonyl (C=O) groups excluding carboxylic acids is 1. The number of hydrogen-bond acceptors (Lipinski definition) is 3. The van der Waals surface area contributed by atoms with Crippen molar-refractivity contribution in [3.63, 3.8) is 0 Å². The van der Waals surface area contributed by atoms with Gasteiger partial charge in [0.2, 0.25) is 11.5 Å². The SMILES string of the molecule is [NH-]c1c[n+](C(=O)C2CCCCC2)no1. The lowest BCUT2D eigenvalue weighted by Crippen LogP contribution is -2.48. The van der Waals surface area contributed by atoms with Crippen molar-refractivity contribution in [1.82, 2.24) is 5.27 Å². The van der Waals surface area contributed by atoms with Crippen LogP contribution in [0.25, 0.3) is 5.73 Å². The Balaban J connectivity index is 2.07. The van der Waals surface area contributed by atoms with Gasteiger partial charge in [-0.1, -0.05) is 19.3 Å². The largest absolute Gasteiger partial charge is 0.660 e. The van der Waals surface area contributed by atoms with Crippen molar-refractivity contribution in [3.05, 3.63) is 11.9 Å². The second kappa shape index (κ2) is 3.77. The molecule has 0 spiro atoms. The smallest absolute Gasteiger partial charge is 0.422 e. The highest BCUT2D eigenvalue weighted by Crippen LogP contribution is 2.23. The van der Waals surface area contributed by atoms with Crippen molar-refractivity contribution >= 4 is 11.8 Å². The molecule has 5 nitrogen and oxygen atoms in total. The molecule has 1 aliphatic rings. The first kappa shape index (κ1) is 9.18. The minimum absolute atomic E-state index is 0.0352. The summed E-state index contributed by atoms with van der Waals surface area (Å²) in [4.78, 5) is 11.8. The molecule has 1 saturated carbocycles. The minimum Gasteiger partial charge on any atom is -0.660 e. The molecule has 0 unspecified atom stereocenters. The molecule has 5 heteroatoms. The number of carbonyl (C=O) groups is 1. The summed E-state index contributed by atoms with van der Waals surface area (Å²) in [5.74, 6) is -0.0423. The number of rotatable bonds is 1. The predicted octanol–water partition coefficient (Wildman–Crippen LogP) is 1.87. The molecule has 0 amide bonds. The van der Waals surface area contributed by atoms with Crippen LogP contribution in [0.1, 0.15) is 36.9 Å². The van der Waals surface area contributed by atoms with E-state index in [9.17, 15) is 4.79 Å². The first-order valence-corrected chi connectivity index (χ1v) is 4.92. The second-order valence-corrected chi connectivity index (χ2v) is 3.68. The van der Waals surface area contributed by atoms with Crippen LogP contribution >= 0.6 is 0 Å². The van der Waals surface area contributed by atoms with E-state index in [0.29, 0.717) is 0 Å². The lowest BCUT2D eigenvalue weighted by molar-refractivity contribution is -0.651. The van der Waals surface area contributed by atoms with Crippen molar-refractivity contribution in [3.8, 4) is 0 Å². The summed E-state index contributed by atoms with van der Waals surface area (Å²) in [7, 11) is 0. The summed E-state index contributed by atoms with van der Waals surface area (Å²) in [6.45, 7) is 0. The molecule has 2 rings (SSSR count).